The lowest BCUT2D eigenvalue weighted by Crippen LogP contribution is -2.33. The first-order valence-electron chi connectivity index (χ1n) is 7.95. The van der Waals surface area contributed by atoms with Gasteiger partial charge in [0.05, 0.1) is 0 Å². The normalized spacial score (nSPS) is 19.7. The molecule has 0 saturated carbocycles. The van der Waals surface area contributed by atoms with Gasteiger partial charge in [0.2, 0.25) is 0 Å². The molecule has 1 aliphatic heterocycles. The van der Waals surface area contributed by atoms with Crippen LogP contribution in [-0.4, -0.2) is 32.6 Å². The van der Waals surface area contributed by atoms with Crippen molar-refractivity contribution in [2.45, 2.75) is 23.4 Å². The van der Waals surface area contributed by atoms with Gasteiger partial charge in [-0.2, -0.15) is 21.6 Å². The second-order valence-corrected chi connectivity index (χ2v) is 7.66. The smallest absolute Gasteiger partial charge is 0.459 e. The fraction of sp³-hybridized carbons (Fsp3) is 0.278. The number of cyclic esters (lactones) is 1. The topological polar surface area (TPSA) is 69.7 Å². The van der Waals surface area contributed by atoms with Gasteiger partial charge >= 0.3 is 21.6 Å². The molecular formula is C18H15F3O5S. The molecule has 1 atom stereocenters. The molecule has 0 aliphatic carbocycles. The van der Waals surface area contributed by atoms with Crippen LogP contribution in [0.3, 0.4) is 0 Å². The van der Waals surface area contributed by atoms with Crippen LogP contribution in [0, 0.1) is 0 Å². The minimum absolute atomic E-state index is 0.0484. The maximum Gasteiger partial charge on any atom is 0.523 e. The number of halogens is 3. The third kappa shape index (κ3) is 3.57. The average molecular weight is 400 g/mol. The number of ether oxygens (including phenoxy) is 1. The molecule has 0 amide bonds. The van der Waals surface area contributed by atoms with E-state index >= 15 is 0 Å². The molecule has 27 heavy (non-hydrogen) atoms. The van der Waals surface area contributed by atoms with Crippen LogP contribution < -0.4 is 0 Å². The third-order valence-electron chi connectivity index (χ3n) is 4.38. The summed E-state index contributed by atoms with van der Waals surface area (Å²) in [7, 11) is -5.76. The summed E-state index contributed by atoms with van der Waals surface area (Å²) in [4.78, 5) is 12.8. The van der Waals surface area contributed by atoms with Gasteiger partial charge in [0.1, 0.15) is 18.1 Å². The lowest BCUT2D eigenvalue weighted by Gasteiger charge is -2.26. The number of hydrogen-bond acceptors (Lipinski definition) is 5. The van der Waals surface area contributed by atoms with Crippen LogP contribution in [0.15, 0.2) is 60.7 Å². The molecule has 0 radical (unpaired) electrons. The third-order valence-corrected chi connectivity index (χ3v) is 5.40. The summed E-state index contributed by atoms with van der Waals surface area (Å²) in [5, 5.41) is 0. The summed E-state index contributed by atoms with van der Waals surface area (Å²) in [5.74, 6) is -0.669. The van der Waals surface area contributed by atoms with Crippen molar-refractivity contribution in [1.82, 2.24) is 0 Å². The Morgan fingerprint density at radius 1 is 1.00 bits per heavy atom. The highest BCUT2D eigenvalue weighted by atomic mass is 32.2. The van der Waals surface area contributed by atoms with Crippen molar-refractivity contribution >= 4 is 16.1 Å². The predicted octanol–water partition coefficient (Wildman–Crippen LogP) is 3.15. The zero-order valence-corrected chi connectivity index (χ0v) is 14.7. The van der Waals surface area contributed by atoms with Crippen LogP contribution in [0.5, 0.6) is 0 Å². The summed E-state index contributed by atoms with van der Waals surface area (Å²) in [6, 6.07) is 17.3. The van der Waals surface area contributed by atoms with Gasteiger partial charge in [-0.1, -0.05) is 60.7 Å². The Labute approximate surface area is 153 Å². The molecule has 1 aliphatic rings. The average Bonchev–Trinajstić information content (AvgIpc) is 2.98. The van der Waals surface area contributed by atoms with Gasteiger partial charge in [0, 0.05) is 6.42 Å². The standard InChI is InChI=1S/C18H15F3O5S/c19-18(20,21)27(23,24)25-12-15-11-17(16(22)26-15,13-7-3-1-4-8-13)14-9-5-2-6-10-14/h1-10,15H,11-12H2/t15-/m1/s1. The number of hydrogen-bond donors (Lipinski definition) is 0. The Hall–Kier alpha value is -2.39. The minimum Gasteiger partial charge on any atom is -0.459 e. The molecular weight excluding hydrogens is 385 g/mol. The quantitative estimate of drug-likeness (QED) is 0.438. The van der Waals surface area contributed by atoms with Crippen LogP contribution in [0.4, 0.5) is 13.2 Å². The highest BCUT2D eigenvalue weighted by molar-refractivity contribution is 7.87. The van der Waals surface area contributed by atoms with Gasteiger partial charge in [-0.3, -0.25) is 8.98 Å². The fourth-order valence-electron chi connectivity index (χ4n) is 3.13. The molecule has 3 rings (SSSR count). The number of alkyl halides is 3. The first kappa shape index (κ1) is 19.4. The molecule has 1 saturated heterocycles. The zero-order chi connectivity index (χ0) is 19.7. The van der Waals surface area contributed by atoms with E-state index in [1.165, 1.54) is 0 Å². The second-order valence-electron chi connectivity index (χ2n) is 6.05. The van der Waals surface area contributed by atoms with E-state index in [2.05, 4.69) is 4.18 Å². The lowest BCUT2D eigenvalue weighted by molar-refractivity contribution is -0.145. The number of esters is 1. The number of carbonyl (C=O) groups is 1. The summed E-state index contributed by atoms with van der Waals surface area (Å²) in [6.45, 7) is -0.908. The Bertz CT molecular complexity index is 872. The van der Waals surface area contributed by atoms with Crippen molar-refractivity contribution in [2.75, 3.05) is 6.61 Å². The molecule has 0 unspecified atom stereocenters. The van der Waals surface area contributed by atoms with Gasteiger partial charge in [-0.15, -0.1) is 0 Å². The number of benzene rings is 2. The predicted molar refractivity (Wildman–Crippen MR) is 89.1 cm³/mol. The highest BCUT2D eigenvalue weighted by Gasteiger charge is 2.53. The summed E-state index contributed by atoms with van der Waals surface area (Å²) in [6.07, 6.45) is -1.19. The zero-order valence-electron chi connectivity index (χ0n) is 13.8. The Morgan fingerprint density at radius 2 is 1.48 bits per heavy atom. The first-order chi connectivity index (χ1) is 12.7. The summed E-state index contributed by atoms with van der Waals surface area (Å²) in [5.41, 5.74) is -5.59. The van der Waals surface area contributed by atoms with Gasteiger partial charge in [-0.25, -0.2) is 0 Å². The number of carbonyl (C=O) groups excluding carboxylic acids is 1. The van der Waals surface area contributed by atoms with Gasteiger partial charge in [0.15, 0.2) is 0 Å². The monoisotopic (exact) mass is 400 g/mol. The first-order valence-corrected chi connectivity index (χ1v) is 9.35. The van der Waals surface area contributed by atoms with Gasteiger partial charge in [-0.05, 0) is 11.1 Å². The maximum absolute atomic E-state index is 12.8. The van der Waals surface area contributed by atoms with E-state index in [0.29, 0.717) is 11.1 Å². The van der Waals surface area contributed by atoms with Crippen molar-refractivity contribution in [3.8, 4) is 0 Å². The van der Waals surface area contributed by atoms with E-state index in [9.17, 15) is 26.4 Å². The Balaban J connectivity index is 1.92. The van der Waals surface area contributed by atoms with Crippen molar-refractivity contribution in [1.29, 1.82) is 0 Å². The molecule has 0 aromatic heterocycles. The molecule has 144 valence electrons. The molecule has 2 aromatic carbocycles. The van der Waals surface area contributed by atoms with Gasteiger partial charge < -0.3 is 4.74 Å². The fourth-order valence-corrected chi connectivity index (χ4v) is 3.59. The van der Waals surface area contributed by atoms with Crippen molar-refractivity contribution in [2.24, 2.45) is 0 Å². The second kappa shape index (κ2) is 6.97. The van der Waals surface area contributed by atoms with Crippen LogP contribution in [-0.2, 0) is 29.2 Å². The maximum atomic E-state index is 12.8. The van der Waals surface area contributed by atoms with E-state index < -0.39 is 39.7 Å². The summed E-state index contributed by atoms with van der Waals surface area (Å²) >= 11 is 0. The van der Waals surface area contributed by atoms with Crippen molar-refractivity contribution in [3.05, 3.63) is 71.8 Å². The van der Waals surface area contributed by atoms with Crippen LogP contribution in [0.1, 0.15) is 17.5 Å². The van der Waals surface area contributed by atoms with Crippen molar-refractivity contribution in [3.63, 3.8) is 0 Å². The Morgan fingerprint density at radius 3 is 1.93 bits per heavy atom. The van der Waals surface area contributed by atoms with Crippen LogP contribution in [0.25, 0.3) is 0 Å². The number of rotatable bonds is 5. The molecule has 5 nitrogen and oxygen atoms in total. The molecule has 1 heterocycles. The van der Waals surface area contributed by atoms with Crippen LogP contribution in [0.2, 0.25) is 0 Å². The van der Waals surface area contributed by atoms with E-state index in [4.69, 9.17) is 4.74 Å². The largest absolute Gasteiger partial charge is 0.523 e. The lowest BCUT2D eigenvalue weighted by atomic mass is 9.72. The van der Waals surface area contributed by atoms with Crippen molar-refractivity contribution < 1.29 is 35.3 Å². The van der Waals surface area contributed by atoms with E-state index in [0.717, 1.165) is 0 Å². The highest BCUT2D eigenvalue weighted by Crippen LogP contribution is 2.43. The van der Waals surface area contributed by atoms with Gasteiger partial charge in [0.25, 0.3) is 0 Å². The molecule has 0 spiro atoms. The molecule has 0 bridgehead atoms. The molecule has 1 fully saturated rings. The van der Waals surface area contributed by atoms with Crippen LogP contribution >= 0.6 is 0 Å². The van der Waals surface area contributed by atoms with E-state index in [1.54, 1.807) is 60.7 Å². The molecule has 2 aromatic rings. The molecule has 0 N–H and O–H groups in total. The SMILES string of the molecule is O=C1O[C@@H](COS(=O)(=O)C(F)(F)F)CC1(c1ccccc1)c1ccccc1. The minimum atomic E-state index is -5.76. The molecule has 9 heteroatoms. The van der Waals surface area contributed by atoms with E-state index in [-0.39, 0.29) is 6.42 Å². The summed E-state index contributed by atoms with van der Waals surface area (Å²) < 4.78 is 68.8. The van der Waals surface area contributed by atoms with E-state index in [1.807, 2.05) is 0 Å². The Kier molecular flexibility index (Phi) is 5.00.